The highest BCUT2D eigenvalue weighted by molar-refractivity contribution is 9.10. The summed E-state index contributed by atoms with van der Waals surface area (Å²) in [6.07, 6.45) is 3.31. The fraction of sp³-hybridized carbons (Fsp3) is 0.0625. The fourth-order valence-electron chi connectivity index (χ4n) is 1.85. The minimum atomic E-state index is -3.71. The number of benzene rings is 2. The number of nitrogens with one attached hydrogen (secondary N) is 2. The molecule has 0 aliphatic rings. The van der Waals surface area contributed by atoms with Gasteiger partial charge in [-0.05, 0) is 35.4 Å². The Hall–Kier alpha value is -2.16. The second-order valence-corrected chi connectivity index (χ2v) is 7.29. The van der Waals surface area contributed by atoms with Crippen molar-refractivity contribution in [3.05, 3.63) is 70.3 Å². The minimum Gasteiger partial charge on any atom is -0.334 e. The van der Waals surface area contributed by atoms with Crippen molar-refractivity contribution in [1.29, 1.82) is 0 Å². The van der Waals surface area contributed by atoms with E-state index in [0.717, 1.165) is 15.6 Å². The van der Waals surface area contributed by atoms with E-state index in [1.54, 1.807) is 24.4 Å². The number of rotatable bonds is 5. The third-order valence-corrected chi connectivity index (χ3v) is 4.74. The molecule has 0 saturated carbocycles. The van der Waals surface area contributed by atoms with Crippen LogP contribution in [0, 0.1) is 0 Å². The summed E-state index contributed by atoms with van der Waals surface area (Å²) in [5.41, 5.74) is 1.70. The number of amides is 2. The number of primary sulfonamides is 1. The van der Waals surface area contributed by atoms with E-state index in [2.05, 4.69) is 26.6 Å². The number of hydrogen-bond donors (Lipinski definition) is 3. The summed E-state index contributed by atoms with van der Waals surface area (Å²) >= 11 is 3.41. The Morgan fingerprint density at radius 3 is 2.42 bits per heavy atom. The summed E-state index contributed by atoms with van der Waals surface area (Å²) in [6, 6.07) is 13.2. The lowest BCUT2D eigenvalue weighted by atomic mass is 10.2. The molecule has 24 heavy (non-hydrogen) atoms. The van der Waals surface area contributed by atoms with Gasteiger partial charge < -0.3 is 10.6 Å². The van der Waals surface area contributed by atoms with Crippen LogP contribution >= 0.6 is 15.9 Å². The van der Waals surface area contributed by atoms with Gasteiger partial charge in [0.1, 0.15) is 0 Å². The molecular weight excluding hydrogens is 394 g/mol. The molecule has 2 amide bonds. The first kappa shape index (κ1) is 18.2. The molecule has 0 aliphatic carbocycles. The van der Waals surface area contributed by atoms with Gasteiger partial charge in [0.2, 0.25) is 10.0 Å². The fourth-order valence-corrected chi connectivity index (χ4v) is 2.78. The highest BCUT2D eigenvalue weighted by Crippen LogP contribution is 2.16. The van der Waals surface area contributed by atoms with Crippen LogP contribution in [0.1, 0.15) is 11.1 Å². The van der Waals surface area contributed by atoms with E-state index in [1.165, 1.54) is 12.1 Å². The number of urea groups is 1. The van der Waals surface area contributed by atoms with Gasteiger partial charge in [0, 0.05) is 17.2 Å². The Balaban J connectivity index is 1.84. The third-order valence-electron chi connectivity index (χ3n) is 3.09. The standard InChI is InChI=1S/C16H16BrN3O3S/c17-15-4-2-1-3-13(15)9-10-19-16(21)20-11-12-5-7-14(8-6-12)24(18,22)23/h1-10H,11H2,(H2,18,22,23)(H2,19,20,21)/b10-9+. The number of sulfonamides is 1. The van der Waals surface area contributed by atoms with Crippen molar-refractivity contribution in [3.8, 4) is 0 Å². The third kappa shape index (κ3) is 5.48. The molecule has 0 aromatic heterocycles. The molecule has 0 fully saturated rings. The SMILES string of the molecule is NS(=O)(=O)c1ccc(CNC(=O)N/C=C/c2ccccc2Br)cc1. The van der Waals surface area contributed by atoms with Crippen LogP contribution in [0.3, 0.4) is 0 Å². The summed E-state index contributed by atoms with van der Waals surface area (Å²) < 4.78 is 23.2. The highest BCUT2D eigenvalue weighted by atomic mass is 79.9. The monoisotopic (exact) mass is 409 g/mol. The zero-order valence-electron chi connectivity index (χ0n) is 12.6. The number of halogens is 1. The number of hydrogen-bond acceptors (Lipinski definition) is 3. The van der Waals surface area contributed by atoms with E-state index in [4.69, 9.17) is 5.14 Å². The van der Waals surface area contributed by atoms with Gasteiger partial charge in [-0.3, -0.25) is 0 Å². The lowest BCUT2D eigenvalue weighted by Gasteiger charge is -2.06. The molecule has 8 heteroatoms. The molecule has 0 spiro atoms. The molecule has 2 aromatic rings. The Bertz CT molecular complexity index is 849. The average molecular weight is 410 g/mol. The van der Waals surface area contributed by atoms with Crippen LogP contribution in [-0.4, -0.2) is 14.4 Å². The first-order chi connectivity index (χ1) is 11.4. The molecule has 0 heterocycles. The van der Waals surface area contributed by atoms with Gasteiger partial charge in [-0.1, -0.05) is 46.3 Å². The van der Waals surface area contributed by atoms with Gasteiger partial charge in [-0.15, -0.1) is 0 Å². The van der Waals surface area contributed by atoms with Crippen LogP contribution in [0.2, 0.25) is 0 Å². The lowest BCUT2D eigenvalue weighted by molar-refractivity contribution is 0.244. The minimum absolute atomic E-state index is 0.0343. The molecule has 0 bridgehead atoms. The molecule has 6 nitrogen and oxygen atoms in total. The second-order valence-electron chi connectivity index (χ2n) is 4.87. The zero-order valence-corrected chi connectivity index (χ0v) is 15.0. The van der Waals surface area contributed by atoms with Crippen LogP contribution in [0.25, 0.3) is 6.08 Å². The molecule has 2 aromatic carbocycles. The van der Waals surface area contributed by atoms with Crippen molar-refractivity contribution in [2.75, 3.05) is 0 Å². The molecule has 0 unspecified atom stereocenters. The zero-order chi connectivity index (χ0) is 17.6. The maximum atomic E-state index is 11.7. The predicted octanol–water partition coefficient (Wildman–Crippen LogP) is 2.57. The highest BCUT2D eigenvalue weighted by Gasteiger charge is 2.06. The van der Waals surface area contributed by atoms with Crippen LogP contribution in [-0.2, 0) is 16.6 Å². The first-order valence-corrected chi connectivity index (χ1v) is 9.27. The van der Waals surface area contributed by atoms with Crippen LogP contribution in [0.15, 0.2) is 64.1 Å². The Morgan fingerprint density at radius 2 is 1.79 bits per heavy atom. The van der Waals surface area contributed by atoms with Crippen molar-refractivity contribution in [3.63, 3.8) is 0 Å². The molecule has 0 saturated heterocycles. The van der Waals surface area contributed by atoms with Crippen LogP contribution in [0.4, 0.5) is 4.79 Å². The van der Waals surface area contributed by atoms with E-state index >= 15 is 0 Å². The second kappa shape index (κ2) is 8.09. The molecule has 0 radical (unpaired) electrons. The van der Waals surface area contributed by atoms with Gasteiger partial charge >= 0.3 is 6.03 Å². The van der Waals surface area contributed by atoms with Crippen LogP contribution in [0.5, 0.6) is 0 Å². The normalized spacial score (nSPS) is 11.4. The van der Waals surface area contributed by atoms with E-state index in [-0.39, 0.29) is 17.5 Å². The summed E-state index contributed by atoms with van der Waals surface area (Å²) in [4.78, 5) is 11.8. The first-order valence-electron chi connectivity index (χ1n) is 6.93. The molecule has 2 rings (SSSR count). The van der Waals surface area contributed by atoms with Crippen molar-refractivity contribution in [1.82, 2.24) is 10.6 Å². The van der Waals surface area contributed by atoms with Gasteiger partial charge in [-0.25, -0.2) is 18.4 Å². The Labute approximate surface area is 148 Å². The van der Waals surface area contributed by atoms with E-state index in [9.17, 15) is 13.2 Å². The smallest absolute Gasteiger partial charge is 0.319 e. The van der Waals surface area contributed by atoms with Crippen molar-refractivity contribution in [2.24, 2.45) is 5.14 Å². The number of carbonyl (C=O) groups is 1. The van der Waals surface area contributed by atoms with Crippen molar-refractivity contribution < 1.29 is 13.2 Å². The van der Waals surface area contributed by atoms with Gasteiger partial charge in [-0.2, -0.15) is 0 Å². The average Bonchev–Trinajstić information content (AvgIpc) is 2.54. The maximum Gasteiger partial charge on any atom is 0.319 e. The predicted molar refractivity (Wildman–Crippen MR) is 96.4 cm³/mol. The van der Waals surface area contributed by atoms with Gasteiger partial charge in [0.15, 0.2) is 0 Å². The Kier molecular flexibility index (Phi) is 6.13. The van der Waals surface area contributed by atoms with E-state index < -0.39 is 10.0 Å². The molecule has 0 atom stereocenters. The molecule has 0 aliphatic heterocycles. The van der Waals surface area contributed by atoms with Crippen LogP contribution < -0.4 is 15.8 Å². The van der Waals surface area contributed by atoms with Crippen molar-refractivity contribution >= 4 is 38.1 Å². The van der Waals surface area contributed by atoms with Crippen molar-refractivity contribution in [2.45, 2.75) is 11.4 Å². The van der Waals surface area contributed by atoms with E-state index in [1.807, 2.05) is 24.3 Å². The maximum absolute atomic E-state index is 11.7. The lowest BCUT2D eigenvalue weighted by Crippen LogP contribution is -2.31. The quantitative estimate of drug-likeness (QED) is 0.706. The number of nitrogens with two attached hydrogens (primary N) is 1. The van der Waals surface area contributed by atoms with E-state index in [0.29, 0.717) is 0 Å². The Morgan fingerprint density at radius 1 is 1.12 bits per heavy atom. The van der Waals surface area contributed by atoms with Gasteiger partial charge in [0.25, 0.3) is 0 Å². The topological polar surface area (TPSA) is 101 Å². The summed E-state index contributed by atoms with van der Waals surface area (Å²) in [5.74, 6) is 0. The molecular formula is C16H16BrN3O3S. The summed E-state index contributed by atoms with van der Waals surface area (Å²) in [6.45, 7) is 0.263. The largest absolute Gasteiger partial charge is 0.334 e. The molecule has 4 N–H and O–H groups in total. The van der Waals surface area contributed by atoms with Gasteiger partial charge in [0.05, 0.1) is 4.90 Å². The summed E-state index contributed by atoms with van der Waals surface area (Å²) in [5, 5.41) is 10.3. The molecule has 126 valence electrons. The number of carbonyl (C=O) groups excluding carboxylic acids is 1. The summed E-state index contributed by atoms with van der Waals surface area (Å²) in [7, 11) is -3.71.